The molecule has 4 N–H and O–H groups in total. The highest BCUT2D eigenvalue weighted by Gasteiger charge is 2.48. The fraction of sp³-hybridized carbons (Fsp3) is 0.409. The first kappa shape index (κ1) is 21.1. The van der Waals surface area contributed by atoms with Crippen LogP contribution in [0.15, 0.2) is 30.5 Å². The molecule has 1 saturated carbocycles. The Labute approximate surface area is 189 Å². The molecule has 2 fully saturated rings. The van der Waals surface area contributed by atoms with Gasteiger partial charge in [-0.3, -0.25) is 15.5 Å². The number of hydroxylamine groups is 1. The van der Waals surface area contributed by atoms with Crippen molar-refractivity contribution in [3.63, 3.8) is 0 Å². The van der Waals surface area contributed by atoms with Gasteiger partial charge in [0.1, 0.15) is 5.82 Å². The van der Waals surface area contributed by atoms with E-state index in [2.05, 4.69) is 25.2 Å². The normalized spacial score (nSPS) is 17.6. The van der Waals surface area contributed by atoms with E-state index in [1.54, 1.807) is 6.07 Å². The van der Waals surface area contributed by atoms with Crippen molar-refractivity contribution in [3.8, 4) is 0 Å². The summed E-state index contributed by atoms with van der Waals surface area (Å²) in [7, 11) is 0. The van der Waals surface area contributed by atoms with Crippen molar-refractivity contribution in [1.82, 2.24) is 19.9 Å². The van der Waals surface area contributed by atoms with E-state index >= 15 is 0 Å². The Morgan fingerprint density at radius 3 is 2.94 bits per heavy atom. The quantitative estimate of drug-likeness (QED) is 0.248. The molecule has 2 aromatic heterocycles. The van der Waals surface area contributed by atoms with Crippen molar-refractivity contribution in [2.45, 2.75) is 37.6 Å². The number of amidine groups is 1. The third kappa shape index (κ3) is 3.92. The van der Waals surface area contributed by atoms with Crippen molar-refractivity contribution < 1.29 is 9.60 Å². The van der Waals surface area contributed by atoms with Crippen LogP contribution >= 0.6 is 11.6 Å². The summed E-state index contributed by atoms with van der Waals surface area (Å²) < 4.78 is 13.4. The number of hydrogen-bond acceptors (Lipinski definition) is 6. The summed E-state index contributed by atoms with van der Waals surface area (Å²) in [5.74, 6) is -0.230. The third-order valence-electron chi connectivity index (χ3n) is 6.50. The number of hydrogen-bond donors (Lipinski definition) is 4. The van der Waals surface area contributed by atoms with Crippen LogP contribution in [0.2, 0.25) is 5.02 Å². The molecule has 0 amide bonds. The zero-order chi connectivity index (χ0) is 22.3. The summed E-state index contributed by atoms with van der Waals surface area (Å²) in [4.78, 5) is 14.5. The van der Waals surface area contributed by atoms with Gasteiger partial charge >= 0.3 is 0 Å². The molecule has 3 aromatic rings. The first-order chi connectivity index (χ1) is 15.5. The second-order valence-electron chi connectivity index (χ2n) is 8.50. The number of fused-ring (bicyclic) bond motifs is 1. The van der Waals surface area contributed by atoms with Crippen LogP contribution in [0.3, 0.4) is 0 Å². The van der Waals surface area contributed by atoms with Gasteiger partial charge in [-0.2, -0.15) is 4.98 Å². The summed E-state index contributed by atoms with van der Waals surface area (Å²) in [6.07, 6.45) is 8.06. The second kappa shape index (κ2) is 8.31. The standard InChI is InChI=1S/C22H25ClFN7O/c23-16-13-14(3-4-17(16)24)31(32)19(25)15-5-9-26-20-18(15)28-21(29-20)27-10-12-30-11-2-1-6-22(30)7-8-22/h3-5,9,13,25,32H,1-2,6-8,10-12H2,(H2,26,27,28,29). The third-order valence-corrected chi connectivity index (χ3v) is 6.79. The minimum absolute atomic E-state index is 0.135. The molecule has 8 nitrogen and oxygen atoms in total. The molecule has 1 aliphatic carbocycles. The highest BCUT2D eigenvalue weighted by Crippen LogP contribution is 2.48. The smallest absolute Gasteiger partial charge is 0.202 e. The lowest BCUT2D eigenvalue weighted by Crippen LogP contribution is -2.43. The number of aromatic nitrogens is 3. The van der Waals surface area contributed by atoms with Gasteiger partial charge in [-0.25, -0.2) is 14.4 Å². The van der Waals surface area contributed by atoms with Gasteiger partial charge in [-0.15, -0.1) is 0 Å². The average Bonchev–Trinajstić information content (AvgIpc) is 3.43. The molecule has 5 rings (SSSR count). The largest absolute Gasteiger partial charge is 0.354 e. The Kier molecular flexibility index (Phi) is 5.48. The molecule has 0 unspecified atom stereocenters. The number of nitrogens with zero attached hydrogens (tertiary/aromatic N) is 4. The number of pyridine rings is 1. The minimum atomic E-state index is -0.594. The topological polar surface area (TPSA) is 104 Å². The fourth-order valence-corrected chi connectivity index (χ4v) is 4.75. The SMILES string of the molecule is N=C(c1ccnc2nc(NCCN3CCCCC34CC4)[nH]c12)N(O)c1ccc(F)c(Cl)c1. The van der Waals surface area contributed by atoms with Gasteiger partial charge in [-0.05, 0) is 56.5 Å². The van der Waals surface area contributed by atoms with Crippen LogP contribution in [-0.2, 0) is 0 Å². The zero-order valence-corrected chi connectivity index (χ0v) is 18.3. The van der Waals surface area contributed by atoms with Crippen LogP contribution in [0.5, 0.6) is 0 Å². The molecule has 0 atom stereocenters. The van der Waals surface area contributed by atoms with Gasteiger partial charge < -0.3 is 10.3 Å². The van der Waals surface area contributed by atoms with Gasteiger partial charge in [0.05, 0.1) is 16.2 Å². The van der Waals surface area contributed by atoms with Crippen LogP contribution in [0.4, 0.5) is 16.0 Å². The molecule has 1 spiro atoms. The molecule has 32 heavy (non-hydrogen) atoms. The van der Waals surface area contributed by atoms with E-state index in [0.29, 0.717) is 33.3 Å². The van der Waals surface area contributed by atoms with E-state index in [0.717, 1.165) is 25.7 Å². The summed E-state index contributed by atoms with van der Waals surface area (Å²) in [5, 5.41) is 22.8. The van der Waals surface area contributed by atoms with E-state index in [-0.39, 0.29) is 16.5 Å². The van der Waals surface area contributed by atoms with Crippen molar-refractivity contribution in [1.29, 1.82) is 5.41 Å². The number of anilines is 2. The predicted molar refractivity (Wildman–Crippen MR) is 122 cm³/mol. The number of imidazole rings is 1. The Morgan fingerprint density at radius 2 is 2.16 bits per heavy atom. The number of piperidine rings is 1. The molecule has 1 saturated heterocycles. The zero-order valence-electron chi connectivity index (χ0n) is 17.5. The maximum atomic E-state index is 13.4. The second-order valence-corrected chi connectivity index (χ2v) is 8.90. The van der Waals surface area contributed by atoms with Crippen molar-refractivity contribution >= 4 is 40.2 Å². The highest BCUT2D eigenvalue weighted by molar-refractivity contribution is 6.31. The van der Waals surface area contributed by atoms with Gasteiger partial charge in [0.15, 0.2) is 11.5 Å². The van der Waals surface area contributed by atoms with Crippen LogP contribution in [0.25, 0.3) is 11.2 Å². The Balaban J connectivity index is 1.30. The molecule has 1 aromatic carbocycles. The molecule has 10 heteroatoms. The van der Waals surface area contributed by atoms with Crippen LogP contribution in [-0.4, -0.2) is 56.1 Å². The van der Waals surface area contributed by atoms with Gasteiger partial charge in [0.25, 0.3) is 0 Å². The van der Waals surface area contributed by atoms with Crippen molar-refractivity contribution in [2.24, 2.45) is 0 Å². The predicted octanol–water partition coefficient (Wildman–Crippen LogP) is 4.40. The van der Waals surface area contributed by atoms with Gasteiger partial charge in [0.2, 0.25) is 5.95 Å². The summed E-state index contributed by atoms with van der Waals surface area (Å²) in [5.41, 5.74) is 2.01. The van der Waals surface area contributed by atoms with Crippen molar-refractivity contribution in [2.75, 3.05) is 30.0 Å². The van der Waals surface area contributed by atoms with Crippen LogP contribution < -0.4 is 10.4 Å². The molecular weight excluding hydrogens is 433 g/mol. The number of nitrogens with one attached hydrogen (secondary N) is 3. The minimum Gasteiger partial charge on any atom is -0.354 e. The number of aromatic amines is 1. The summed E-state index contributed by atoms with van der Waals surface area (Å²) in [6, 6.07) is 5.37. The Hall–Kier alpha value is -2.75. The van der Waals surface area contributed by atoms with Crippen LogP contribution in [0, 0.1) is 11.2 Å². The van der Waals surface area contributed by atoms with Gasteiger partial charge in [0, 0.05) is 30.4 Å². The molecule has 0 radical (unpaired) electrons. The summed E-state index contributed by atoms with van der Waals surface area (Å²) in [6.45, 7) is 2.88. The van der Waals surface area contributed by atoms with Crippen LogP contribution in [0.1, 0.15) is 37.7 Å². The Bertz CT molecular complexity index is 1160. The van der Waals surface area contributed by atoms with Crippen molar-refractivity contribution in [3.05, 3.63) is 46.9 Å². The number of halogens is 2. The number of likely N-dealkylation sites (tertiary alicyclic amines) is 1. The molecular formula is C22H25ClFN7O. The first-order valence-corrected chi connectivity index (χ1v) is 11.2. The lowest BCUT2D eigenvalue weighted by atomic mass is 10.0. The highest BCUT2D eigenvalue weighted by atomic mass is 35.5. The van der Waals surface area contributed by atoms with E-state index in [1.807, 2.05) is 0 Å². The first-order valence-electron chi connectivity index (χ1n) is 10.8. The summed E-state index contributed by atoms with van der Waals surface area (Å²) >= 11 is 5.81. The average molecular weight is 458 g/mol. The Morgan fingerprint density at radius 1 is 1.31 bits per heavy atom. The van der Waals surface area contributed by atoms with Gasteiger partial charge in [-0.1, -0.05) is 18.0 Å². The lowest BCUT2D eigenvalue weighted by Gasteiger charge is -2.36. The maximum Gasteiger partial charge on any atom is 0.202 e. The van der Waals surface area contributed by atoms with E-state index in [9.17, 15) is 9.60 Å². The molecule has 2 aliphatic rings. The lowest BCUT2D eigenvalue weighted by molar-refractivity contribution is 0.135. The molecule has 168 valence electrons. The van der Waals surface area contributed by atoms with E-state index in [4.69, 9.17) is 17.0 Å². The molecule has 0 bridgehead atoms. The van der Waals surface area contributed by atoms with E-state index < -0.39 is 5.82 Å². The molecule has 3 heterocycles. The van der Waals surface area contributed by atoms with E-state index in [1.165, 1.54) is 50.4 Å². The number of rotatable bonds is 6. The fourth-order valence-electron chi connectivity index (χ4n) is 4.57. The molecule has 1 aliphatic heterocycles. The monoisotopic (exact) mass is 457 g/mol. The number of H-pyrrole nitrogens is 1. The number of benzene rings is 1. The maximum absolute atomic E-state index is 13.4.